The number of nitrogens with one attached hydrogen (secondary N) is 1. The lowest BCUT2D eigenvalue weighted by atomic mass is 9.83. The summed E-state index contributed by atoms with van der Waals surface area (Å²) in [5, 5.41) is 5.85. The van der Waals surface area contributed by atoms with Crippen LogP contribution in [0.5, 0.6) is 0 Å². The number of hydrogen-bond donors (Lipinski definition) is 1. The first-order chi connectivity index (χ1) is 7.40. The van der Waals surface area contributed by atoms with Gasteiger partial charge in [0.25, 0.3) is 0 Å². The molecule has 1 aromatic heterocycles. The predicted molar refractivity (Wildman–Crippen MR) is 67.3 cm³/mol. The molecule has 1 heterocycles. The van der Waals surface area contributed by atoms with Gasteiger partial charge in [0.2, 0.25) is 0 Å². The van der Waals surface area contributed by atoms with Gasteiger partial charge in [-0.3, -0.25) is 0 Å². The Bertz CT molecular complexity index is 264. The Morgan fingerprint density at radius 3 is 2.93 bits per heavy atom. The first-order valence-electron chi connectivity index (χ1n) is 6.17. The summed E-state index contributed by atoms with van der Waals surface area (Å²) < 4.78 is 0. The molecule has 84 valence electrons. The molecule has 0 bridgehead atoms. The molecule has 1 unspecified atom stereocenters. The van der Waals surface area contributed by atoms with Crippen LogP contribution in [0.4, 0.5) is 0 Å². The van der Waals surface area contributed by atoms with Crippen LogP contribution in [0.1, 0.15) is 49.9 Å². The predicted octanol–water partition coefficient (Wildman–Crippen LogP) is 3.98. The summed E-state index contributed by atoms with van der Waals surface area (Å²) >= 11 is 1.87. The molecule has 1 atom stereocenters. The zero-order chi connectivity index (χ0) is 10.5. The van der Waals surface area contributed by atoms with E-state index in [0.717, 1.165) is 5.92 Å². The highest BCUT2D eigenvalue weighted by Gasteiger charge is 2.17. The van der Waals surface area contributed by atoms with Gasteiger partial charge in [0, 0.05) is 10.9 Å². The first-order valence-corrected chi connectivity index (χ1v) is 7.05. The monoisotopic (exact) mass is 223 g/mol. The van der Waals surface area contributed by atoms with Gasteiger partial charge < -0.3 is 5.32 Å². The average Bonchev–Trinajstić information content (AvgIpc) is 2.68. The van der Waals surface area contributed by atoms with Crippen molar-refractivity contribution in [1.29, 1.82) is 0 Å². The van der Waals surface area contributed by atoms with Gasteiger partial charge in [-0.25, -0.2) is 0 Å². The Kier molecular flexibility index (Phi) is 4.21. The maximum Gasteiger partial charge on any atom is 0.0412 e. The highest BCUT2D eigenvalue weighted by Crippen LogP contribution is 2.29. The van der Waals surface area contributed by atoms with E-state index in [-0.39, 0.29) is 0 Å². The quantitative estimate of drug-likeness (QED) is 0.769. The molecule has 2 rings (SSSR count). The van der Waals surface area contributed by atoms with Gasteiger partial charge in [-0.1, -0.05) is 32.3 Å². The lowest BCUT2D eigenvalue weighted by Gasteiger charge is -2.26. The van der Waals surface area contributed by atoms with Crippen LogP contribution in [0.15, 0.2) is 17.5 Å². The molecular formula is C13H21NS. The second-order valence-corrected chi connectivity index (χ2v) is 5.50. The Labute approximate surface area is 96.9 Å². The van der Waals surface area contributed by atoms with Gasteiger partial charge >= 0.3 is 0 Å². The molecule has 1 N–H and O–H groups in total. The van der Waals surface area contributed by atoms with E-state index in [1.807, 2.05) is 11.3 Å². The van der Waals surface area contributed by atoms with E-state index < -0.39 is 0 Å². The molecule has 1 saturated carbocycles. The average molecular weight is 223 g/mol. The molecule has 0 saturated heterocycles. The van der Waals surface area contributed by atoms with Crippen molar-refractivity contribution in [1.82, 2.24) is 5.32 Å². The van der Waals surface area contributed by atoms with Crippen molar-refractivity contribution in [2.45, 2.75) is 45.1 Å². The van der Waals surface area contributed by atoms with Crippen molar-refractivity contribution in [2.24, 2.45) is 5.92 Å². The Morgan fingerprint density at radius 1 is 1.53 bits per heavy atom. The summed E-state index contributed by atoms with van der Waals surface area (Å²) in [6.45, 7) is 3.46. The molecule has 0 aliphatic heterocycles. The highest BCUT2D eigenvalue weighted by molar-refractivity contribution is 7.10. The van der Waals surface area contributed by atoms with Crippen molar-refractivity contribution in [3.63, 3.8) is 0 Å². The Hall–Kier alpha value is -0.340. The lowest BCUT2D eigenvalue weighted by Crippen LogP contribution is -2.24. The van der Waals surface area contributed by atoms with Crippen molar-refractivity contribution in [3.05, 3.63) is 22.4 Å². The summed E-state index contributed by atoms with van der Waals surface area (Å²) in [4.78, 5) is 1.49. The van der Waals surface area contributed by atoms with E-state index in [1.165, 1.54) is 43.5 Å². The normalized spacial score (nSPS) is 18.7. The Morgan fingerprint density at radius 2 is 2.40 bits per heavy atom. The summed E-state index contributed by atoms with van der Waals surface area (Å²) in [5.74, 6) is 1.03. The van der Waals surface area contributed by atoms with E-state index in [2.05, 4.69) is 29.8 Å². The van der Waals surface area contributed by atoms with Gasteiger partial charge in [-0.15, -0.1) is 11.3 Å². The standard InChI is InChI=1S/C13H21NS/c1-2-12(13-7-4-10-15-13)14-9-8-11-5-3-6-11/h4,7,10-12,14H,2-3,5-6,8-9H2,1H3. The third kappa shape index (κ3) is 3.05. The van der Waals surface area contributed by atoms with Crippen molar-refractivity contribution in [2.75, 3.05) is 6.54 Å². The van der Waals surface area contributed by atoms with E-state index in [9.17, 15) is 0 Å². The lowest BCUT2D eigenvalue weighted by molar-refractivity contribution is 0.287. The van der Waals surface area contributed by atoms with Crippen molar-refractivity contribution < 1.29 is 0 Å². The van der Waals surface area contributed by atoms with E-state index in [1.54, 1.807) is 0 Å². The maximum atomic E-state index is 3.68. The maximum absolute atomic E-state index is 3.68. The first kappa shape index (κ1) is 11.2. The largest absolute Gasteiger partial charge is 0.309 e. The molecule has 1 aliphatic carbocycles. The van der Waals surface area contributed by atoms with Crippen LogP contribution in [-0.2, 0) is 0 Å². The van der Waals surface area contributed by atoms with Gasteiger partial charge in [-0.2, -0.15) is 0 Å². The van der Waals surface area contributed by atoms with E-state index in [4.69, 9.17) is 0 Å². The van der Waals surface area contributed by atoms with E-state index in [0.29, 0.717) is 6.04 Å². The summed E-state index contributed by atoms with van der Waals surface area (Å²) in [6, 6.07) is 4.98. The molecular weight excluding hydrogens is 202 g/mol. The van der Waals surface area contributed by atoms with Crippen LogP contribution < -0.4 is 5.32 Å². The topological polar surface area (TPSA) is 12.0 Å². The van der Waals surface area contributed by atoms with Crippen LogP contribution in [0.3, 0.4) is 0 Å². The molecule has 0 radical (unpaired) electrons. The minimum Gasteiger partial charge on any atom is -0.309 e. The fourth-order valence-electron chi connectivity index (χ4n) is 2.18. The number of thiophene rings is 1. The second-order valence-electron chi connectivity index (χ2n) is 4.52. The summed E-state index contributed by atoms with van der Waals surface area (Å²) in [7, 11) is 0. The van der Waals surface area contributed by atoms with Crippen LogP contribution in [-0.4, -0.2) is 6.54 Å². The highest BCUT2D eigenvalue weighted by atomic mass is 32.1. The fourth-order valence-corrected chi connectivity index (χ4v) is 3.06. The summed E-state index contributed by atoms with van der Waals surface area (Å²) in [6.07, 6.45) is 6.98. The molecule has 0 spiro atoms. The van der Waals surface area contributed by atoms with E-state index >= 15 is 0 Å². The van der Waals surface area contributed by atoms with Crippen LogP contribution in [0, 0.1) is 5.92 Å². The fraction of sp³-hybridized carbons (Fsp3) is 0.692. The van der Waals surface area contributed by atoms with Crippen molar-refractivity contribution >= 4 is 11.3 Å². The third-order valence-electron chi connectivity index (χ3n) is 3.46. The van der Waals surface area contributed by atoms with Crippen LogP contribution >= 0.6 is 11.3 Å². The molecule has 1 aliphatic rings. The molecule has 0 aromatic carbocycles. The smallest absolute Gasteiger partial charge is 0.0412 e. The molecule has 0 amide bonds. The van der Waals surface area contributed by atoms with Crippen LogP contribution in [0.25, 0.3) is 0 Å². The van der Waals surface area contributed by atoms with Gasteiger partial charge in [0.1, 0.15) is 0 Å². The molecule has 1 fully saturated rings. The zero-order valence-corrected chi connectivity index (χ0v) is 10.4. The van der Waals surface area contributed by atoms with Gasteiger partial charge in [0.15, 0.2) is 0 Å². The van der Waals surface area contributed by atoms with Crippen molar-refractivity contribution in [3.8, 4) is 0 Å². The van der Waals surface area contributed by atoms with Crippen LogP contribution in [0.2, 0.25) is 0 Å². The molecule has 2 heteroatoms. The third-order valence-corrected chi connectivity index (χ3v) is 4.45. The minimum atomic E-state index is 0.588. The molecule has 1 nitrogen and oxygen atoms in total. The Balaban J connectivity index is 1.71. The zero-order valence-electron chi connectivity index (χ0n) is 9.54. The van der Waals surface area contributed by atoms with Gasteiger partial charge in [-0.05, 0) is 36.8 Å². The molecule has 15 heavy (non-hydrogen) atoms. The number of hydrogen-bond acceptors (Lipinski definition) is 2. The summed E-state index contributed by atoms with van der Waals surface area (Å²) in [5.41, 5.74) is 0. The second kappa shape index (κ2) is 5.66. The SMILES string of the molecule is CCC(NCCC1CCC1)c1cccs1. The number of rotatable bonds is 6. The molecule has 1 aromatic rings. The van der Waals surface area contributed by atoms with Gasteiger partial charge in [0.05, 0.1) is 0 Å². The minimum absolute atomic E-state index is 0.588.